The summed E-state index contributed by atoms with van der Waals surface area (Å²) in [4.78, 5) is 20.9. The molecular formula is C17H23N3OSi. The molecule has 2 unspecified atom stereocenters. The first kappa shape index (κ1) is 15.1. The Kier molecular flexibility index (Phi) is 3.52. The first-order chi connectivity index (χ1) is 10.3. The van der Waals surface area contributed by atoms with Crippen LogP contribution in [0.3, 0.4) is 0 Å². The van der Waals surface area contributed by atoms with Crippen LogP contribution in [0.4, 0.5) is 10.6 Å². The van der Waals surface area contributed by atoms with E-state index >= 15 is 0 Å². The molecule has 2 amide bonds. The smallest absolute Gasteiger partial charge is 0.322 e. The summed E-state index contributed by atoms with van der Waals surface area (Å²) < 4.78 is 0. The molecule has 3 rings (SSSR count). The van der Waals surface area contributed by atoms with Crippen LogP contribution in [0, 0.1) is 12.3 Å². The Labute approximate surface area is 133 Å². The minimum absolute atomic E-state index is 0.0273. The van der Waals surface area contributed by atoms with E-state index in [1.165, 1.54) is 5.19 Å². The van der Waals surface area contributed by atoms with Crippen LogP contribution in [-0.2, 0) is 0 Å². The summed E-state index contributed by atoms with van der Waals surface area (Å²) in [5, 5.41) is 1.23. The van der Waals surface area contributed by atoms with Crippen LogP contribution in [0.25, 0.3) is 0 Å². The molecule has 22 heavy (non-hydrogen) atoms. The van der Waals surface area contributed by atoms with E-state index in [1.807, 2.05) is 23.0 Å². The average Bonchev–Trinajstić information content (AvgIpc) is 3.02. The van der Waals surface area contributed by atoms with Crippen molar-refractivity contribution in [2.45, 2.75) is 51.0 Å². The lowest BCUT2D eigenvalue weighted by Crippen LogP contribution is -2.40. The van der Waals surface area contributed by atoms with E-state index in [1.54, 1.807) is 0 Å². The van der Waals surface area contributed by atoms with Crippen LogP contribution in [0.2, 0.25) is 19.6 Å². The number of pyridine rings is 1. The van der Waals surface area contributed by atoms with E-state index in [2.05, 4.69) is 36.6 Å². The highest BCUT2D eigenvalue weighted by Gasteiger charge is 2.48. The fourth-order valence-electron chi connectivity index (χ4n) is 3.54. The van der Waals surface area contributed by atoms with Crippen molar-refractivity contribution >= 4 is 25.1 Å². The van der Waals surface area contributed by atoms with Gasteiger partial charge in [-0.1, -0.05) is 25.6 Å². The SMILES string of the molecule is C#Cc1cc([Si](C)(C)C)cnc1N1C(=O)N(C)C2CCCC21. The van der Waals surface area contributed by atoms with Crippen molar-refractivity contribution in [3.63, 3.8) is 0 Å². The molecule has 5 heteroatoms. The van der Waals surface area contributed by atoms with Crippen molar-refractivity contribution in [2.24, 2.45) is 0 Å². The predicted molar refractivity (Wildman–Crippen MR) is 92.2 cm³/mol. The van der Waals surface area contributed by atoms with E-state index in [0.717, 1.165) is 24.8 Å². The van der Waals surface area contributed by atoms with Gasteiger partial charge in [-0.2, -0.15) is 0 Å². The first-order valence-corrected chi connectivity index (χ1v) is 11.4. The maximum Gasteiger partial charge on any atom is 0.326 e. The third kappa shape index (κ3) is 2.22. The normalized spacial score (nSPS) is 24.6. The lowest BCUT2D eigenvalue weighted by molar-refractivity contribution is 0.218. The van der Waals surface area contributed by atoms with Gasteiger partial charge < -0.3 is 4.90 Å². The molecule has 1 aromatic heterocycles. The number of aromatic nitrogens is 1. The topological polar surface area (TPSA) is 36.4 Å². The Morgan fingerprint density at radius 3 is 2.64 bits per heavy atom. The van der Waals surface area contributed by atoms with E-state index in [-0.39, 0.29) is 12.1 Å². The minimum Gasteiger partial charge on any atom is -0.322 e. The largest absolute Gasteiger partial charge is 0.326 e. The van der Waals surface area contributed by atoms with E-state index in [4.69, 9.17) is 6.42 Å². The number of likely N-dealkylation sites (N-methyl/N-ethyl adjacent to an activating group) is 1. The molecule has 2 fully saturated rings. The van der Waals surface area contributed by atoms with Gasteiger partial charge in [-0.3, -0.25) is 4.90 Å². The van der Waals surface area contributed by atoms with Gasteiger partial charge in [0.2, 0.25) is 0 Å². The zero-order valence-electron chi connectivity index (χ0n) is 13.8. The number of hydrogen-bond acceptors (Lipinski definition) is 2. The standard InChI is InChI=1S/C17H23N3OSi/c1-6-12-10-13(22(3,4)5)11-18-16(12)20-15-9-7-8-14(15)19(2)17(20)21/h1,10-11,14-15H,7-9H2,2-5H3. The Bertz CT molecular complexity index is 659. The molecule has 2 atom stereocenters. The highest BCUT2D eigenvalue weighted by molar-refractivity contribution is 6.88. The van der Waals surface area contributed by atoms with Crippen LogP contribution in [0.5, 0.6) is 0 Å². The first-order valence-electron chi connectivity index (χ1n) is 7.87. The second-order valence-corrected chi connectivity index (χ2v) is 12.4. The molecule has 116 valence electrons. The highest BCUT2D eigenvalue weighted by Crippen LogP contribution is 2.37. The van der Waals surface area contributed by atoms with Crippen LogP contribution < -0.4 is 10.1 Å². The molecule has 0 N–H and O–H groups in total. The van der Waals surface area contributed by atoms with Crippen LogP contribution in [0.15, 0.2) is 12.3 Å². The molecule has 1 aliphatic heterocycles. The number of carbonyl (C=O) groups excluding carboxylic acids is 1. The highest BCUT2D eigenvalue weighted by atomic mass is 28.3. The van der Waals surface area contributed by atoms with Gasteiger partial charge in [0, 0.05) is 13.2 Å². The molecule has 2 aliphatic rings. The number of carbonyl (C=O) groups is 1. The van der Waals surface area contributed by atoms with E-state index in [9.17, 15) is 4.79 Å². The van der Waals surface area contributed by atoms with Gasteiger partial charge in [0.05, 0.1) is 25.7 Å². The van der Waals surface area contributed by atoms with Crippen LogP contribution >= 0.6 is 0 Å². The monoisotopic (exact) mass is 313 g/mol. The number of anilines is 1. The van der Waals surface area contributed by atoms with Crippen molar-refractivity contribution in [3.05, 3.63) is 17.8 Å². The second kappa shape index (κ2) is 5.13. The molecule has 1 aliphatic carbocycles. The molecule has 2 heterocycles. The third-order valence-electron chi connectivity index (χ3n) is 4.90. The number of nitrogens with zero attached hydrogens (tertiary/aromatic N) is 3. The molecule has 1 saturated heterocycles. The second-order valence-electron chi connectivity index (χ2n) is 7.32. The average molecular weight is 313 g/mol. The fourth-order valence-corrected chi connectivity index (χ4v) is 4.57. The molecule has 1 aromatic rings. The van der Waals surface area contributed by atoms with Gasteiger partial charge in [-0.15, -0.1) is 6.42 Å². The Morgan fingerprint density at radius 1 is 1.32 bits per heavy atom. The molecule has 0 radical (unpaired) electrons. The summed E-state index contributed by atoms with van der Waals surface area (Å²) in [5.74, 6) is 3.41. The Balaban J connectivity index is 2.05. The van der Waals surface area contributed by atoms with Crippen molar-refractivity contribution in [2.75, 3.05) is 11.9 Å². The maximum absolute atomic E-state index is 12.6. The molecule has 4 nitrogen and oxygen atoms in total. The third-order valence-corrected chi connectivity index (χ3v) is 6.90. The number of rotatable bonds is 2. The summed E-state index contributed by atoms with van der Waals surface area (Å²) in [6.45, 7) is 6.81. The van der Waals surface area contributed by atoms with Gasteiger partial charge in [-0.05, 0) is 30.5 Å². The molecular weight excluding hydrogens is 290 g/mol. The summed E-state index contributed by atoms with van der Waals surface area (Å²) in [6.07, 6.45) is 10.9. The van der Waals surface area contributed by atoms with Crippen LogP contribution in [-0.4, -0.2) is 43.1 Å². The molecule has 1 saturated carbocycles. The number of urea groups is 1. The lowest BCUT2D eigenvalue weighted by Gasteiger charge is -2.24. The Hall–Kier alpha value is -1.80. The van der Waals surface area contributed by atoms with Gasteiger partial charge >= 0.3 is 6.03 Å². The van der Waals surface area contributed by atoms with Gasteiger partial charge in [0.1, 0.15) is 0 Å². The van der Waals surface area contributed by atoms with Crippen molar-refractivity contribution in [1.29, 1.82) is 0 Å². The number of hydrogen-bond donors (Lipinski definition) is 0. The number of amides is 2. The van der Waals surface area contributed by atoms with Crippen molar-refractivity contribution in [3.8, 4) is 12.3 Å². The quantitative estimate of drug-likeness (QED) is 0.621. The fraction of sp³-hybridized carbons (Fsp3) is 0.529. The predicted octanol–water partition coefficient (Wildman–Crippen LogP) is 2.40. The zero-order chi connectivity index (χ0) is 16.1. The summed E-state index contributed by atoms with van der Waals surface area (Å²) in [7, 11) is 0.414. The lowest BCUT2D eigenvalue weighted by atomic mass is 10.1. The minimum atomic E-state index is -1.47. The Morgan fingerprint density at radius 2 is 2.00 bits per heavy atom. The van der Waals surface area contributed by atoms with Crippen LogP contribution in [0.1, 0.15) is 24.8 Å². The zero-order valence-corrected chi connectivity index (χ0v) is 14.8. The summed E-state index contributed by atoms with van der Waals surface area (Å²) in [6, 6.07) is 2.61. The van der Waals surface area contributed by atoms with Crippen molar-refractivity contribution < 1.29 is 4.79 Å². The van der Waals surface area contributed by atoms with Crippen molar-refractivity contribution in [1.82, 2.24) is 9.88 Å². The summed E-state index contributed by atoms with van der Waals surface area (Å²) in [5.41, 5.74) is 0.745. The van der Waals surface area contributed by atoms with E-state index in [0.29, 0.717) is 11.9 Å². The van der Waals surface area contributed by atoms with Gasteiger partial charge in [-0.25, -0.2) is 9.78 Å². The molecule has 0 aromatic carbocycles. The molecule has 0 spiro atoms. The van der Waals surface area contributed by atoms with E-state index < -0.39 is 8.07 Å². The van der Waals surface area contributed by atoms with Gasteiger partial charge in [0.15, 0.2) is 5.82 Å². The summed E-state index contributed by atoms with van der Waals surface area (Å²) >= 11 is 0. The maximum atomic E-state index is 12.6. The van der Waals surface area contributed by atoms with Gasteiger partial charge in [0.25, 0.3) is 0 Å². The number of fused-ring (bicyclic) bond motifs is 1. The number of terminal acetylenes is 1. The molecule has 0 bridgehead atoms.